The van der Waals surface area contributed by atoms with Crippen LogP contribution in [0.3, 0.4) is 0 Å². The number of nitriles is 1. The lowest BCUT2D eigenvalue weighted by atomic mass is 10.1. The highest BCUT2D eigenvalue weighted by Gasteiger charge is 2.46. The highest BCUT2D eigenvalue weighted by atomic mass is 32.2. The number of rotatable bonds is 4. The first-order chi connectivity index (χ1) is 8.38. The molecule has 1 aromatic rings. The van der Waals surface area contributed by atoms with Crippen LogP contribution < -0.4 is 0 Å². The molecule has 1 fully saturated rings. The number of hydrogen-bond acceptors (Lipinski definition) is 3. The van der Waals surface area contributed by atoms with Gasteiger partial charge in [0.25, 0.3) is 0 Å². The summed E-state index contributed by atoms with van der Waals surface area (Å²) in [6.07, 6.45) is 2.05. The van der Waals surface area contributed by atoms with Crippen molar-refractivity contribution >= 4 is 9.84 Å². The van der Waals surface area contributed by atoms with Crippen molar-refractivity contribution < 1.29 is 8.42 Å². The molecule has 0 saturated heterocycles. The second-order valence-corrected chi connectivity index (χ2v) is 7.33. The number of sulfone groups is 1. The van der Waals surface area contributed by atoms with Crippen LogP contribution in [0.25, 0.3) is 0 Å². The Morgan fingerprint density at radius 2 is 1.94 bits per heavy atom. The second-order valence-electron chi connectivity index (χ2n) is 5.34. The summed E-state index contributed by atoms with van der Waals surface area (Å²) in [4.78, 5) is 0.384. The van der Waals surface area contributed by atoms with Gasteiger partial charge >= 0.3 is 0 Å². The Kier molecular flexibility index (Phi) is 3.20. The highest BCUT2D eigenvalue weighted by Crippen LogP contribution is 2.50. The van der Waals surface area contributed by atoms with Crippen molar-refractivity contribution in [2.75, 3.05) is 5.75 Å². The van der Waals surface area contributed by atoms with Crippen molar-refractivity contribution in [3.8, 4) is 6.07 Å². The minimum Gasteiger partial charge on any atom is -0.224 e. The Bertz CT molecular complexity index is 607. The molecule has 1 aliphatic carbocycles. The van der Waals surface area contributed by atoms with E-state index < -0.39 is 9.84 Å². The Labute approximate surface area is 108 Å². The van der Waals surface area contributed by atoms with Crippen molar-refractivity contribution in [3.05, 3.63) is 29.3 Å². The summed E-state index contributed by atoms with van der Waals surface area (Å²) in [5.41, 5.74) is 1.81. The standard InChI is InChI=1S/C14H17NO2S/c1-11-3-4-13(9-12(11)2)18(16,17)10-14(5-6-14)7-8-15/h3-4,9H,5-7,10H2,1-2H3. The average Bonchev–Trinajstić information content (AvgIpc) is 3.01. The summed E-state index contributed by atoms with van der Waals surface area (Å²) in [5, 5.41) is 8.74. The van der Waals surface area contributed by atoms with Gasteiger partial charge in [0.15, 0.2) is 9.84 Å². The van der Waals surface area contributed by atoms with E-state index in [9.17, 15) is 8.42 Å². The normalized spacial score (nSPS) is 17.2. The molecule has 0 bridgehead atoms. The topological polar surface area (TPSA) is 57.9 Å². The number of benzene rings is 1. The van der Waals surface area contributed by atoms with E-state index in [1.807, 2.05) is 19.9 Å². The largest absolute Gasteiger partial charge is 0.224 e. The maximum atomic E-state index is 12.3. The van der Waals surface area contributed by atoms with Gasteiger partial charge in [-0.15, -0.1) is 0 Å². The molecule has 0 heterocycles. The van der Waals surface area contributed by atoms with Gasteiger partial charge in [0.2, 0.25) is 0 Å². The van der Waals surface area contributed by atoms with Crippen LogP contribution in [0.15, 0.2) is 23.1 Å². The quantitative estimate of drug-likeness (QED) is 0.839. The van der Waals surface area contributed by atoms with Crippen LogP contribution in [-0.4, -0.2) is 14.2 Å². The SMILES string of the molecule is Cc1ccc(S(=O)(=O)CC2(CC#N)CC2)cc1C. The Balaban J connectivity index is 2.26. The summed E-state index contributed by atoms with van der Waals surface area (Å²) in [6.45, 7) is 3.88. The fourth-order valence-electron chi connectivity index (χ4n) is 2.11. The van der Waals surface area contributed by atoms with E-state index >= 15 is 0 Å². The molecule has 0 amide bonds. The number of nitrogens with zero attached hydrogens (tertiary/aromatic N) is 1. The molecule has 4 heteroatoms. The average molecular weight is 263 g/mol. The zero-order chi connectivity index (χ0) is 13.4. The molecule has 0 radical (unpaired) electrons. The van der Waals surface area contributed by atoms with Gasteiger partial charge < -0.3 is 0 Å². The monoisotopic (exact) mass is 263 g/mol. The first kappa shape index (κ1) is 13.1. The molecule has 18 heavy (non-hydrogen) atoms. The molecular weight excluding hydrogens is 246 g/mol. The summed E-state index contributed by atoms with van der Waals surface area (Å²) in [7, 11) is -3.27. The van der Waals surface area contributed by atoms with E-state index in [4.69, 9.17) is 5.26 Å². The molecule has 0 aliphatic heterocycles. The zero-order valence-corrected chi connectivity index (χ0v) is 11.5. The van der Waals surface area contributed by atoms with E-state index in [1.54, 1.807) is 12.1 Å². The van der Waals surface area contributed by atoms with Crippen LogP contribution in [0.2, 0.25) is 0 Å². The smallest absolute Gasteiger partial charge is 0.178 e. The first-order valence-corrected chi connectivity index (χ1v) is 7.71. The van der Waals surface area contributed by atoms with Gasteiger partial charge in [-0.1, -0.05) is 6.07 Å². The van der Waals surface area contributed by atoms with Crippen molar-refractivity contribution in [1.29, 1.82) is 5.26 Å². The lowest BCUT2D eigenvalue weighted by Crippen LogP contribution is -2.17. The molecule has 1 aromatic carbocycles. The molecule has 0 spiro atoms. The molecule has 96 valence electrons. The van der Waals surface area contributed by atoms with Gasteiger partial charge in [-0.2, -0.15) is 5.26 Å². The minimum atomic E-state index is -3.27. The van der Waals surface area contributed by atoms with Crippen molar-refractivity contribution in [3.63, 3.8) is 0 Å². The van der Waals surface area contributed by atoms with Gasteiger partial charge in [-0.3, -0.25) is 0 Å². The van der Waals surface area contributed by atoms with E-state index in [0.29, 0.717) is 11.3 Å². The van der Waals surface area contributed by atoms with E-state index in [1.165, 1.54) is 0 Å². The molecular formula is C14H17NO2S. The molecule has 0 atom stereocenters. The van der Waals surface area contributed by atoms with E-state index in [0.717, 1.165) is 24.0 Å². The second kappa shape index (κ2) is 4.40. The summed E-state index contributed by atoms with van der Waals surface area (Å²) < 4.78 is 24.6. The van der Waals surface area contributed by atoms with Crippen LogP contribution in [-0.2, 0) is 9.84 Å². The third kappa shape index (κ3) is 2.56. The molecule has 2 rings (SSSR count). The van der Waals surface area contributed by atoms with Gasteiger partial charge in [0.05, 0.1) is 16.7 Å². The third-order valence-corrected chi connectivity index (χ3v) is 5.71. The van der Waals surface area contributed by atoms with Gasteiger partial charge in [-0.25, -0.2) is 8.42 Å². The van der Waals surface area contributed by atoms with Crippen molar-refractivity contribution in [2.45, 2.75) is 38.0 Å². The molecule has 1 aliphatic rings. The zero-order valence-electron chi connectivity index (χ0n) is 10.7. The maximum absolute atomic E-state index is 12.3. The highest BCUT2D eigenvalue weighted by molar-refractivity contribution is 7.91. The van der Waals surface area contributed by atoms with E-state index in [2.05, 4.69) is 6.07 Å². The fraction of sp³-hybridized carbons (Fsp3) is 0.500. The van der Waals surface area contributed by atoms with Crippen molar-refractivity contribution in [2.24, 2.45) is 5.41 Å². The molecule has 3 nitrogen and oxygen atoms in total. The van der Waals surface area contributed by atoms with Gasteiger partial charge in [0.1, 0.15) is 0 Å². The van der Waals surface area contributed by atoms with Gasteiger partial charge in [0, 0.05) is 6.42 Å². The molecule has 0 N–H and O–H groups in total. The molecule has 1 saturated carbocycles. The summed E-state index contributed by atoms with van der Waals surface area (Å²) >= 11 is 0. The summed E-state index contributed by atoms with van der Waals surface area (Å²) in [6, 6.07) is 7.34. The first-order valence-electron chi connectivity index (χ1n) is 6.06. The lowest BCUT2D eigenvalue weighted by Gasteiger charge is -2.12. The van der Waals surface area contributed by atoms with Crippen LogP contribution in [0.5, 0.6) is 0 Å². The Hall–Kier alpha value is -1.34. The predicted octanol–water partition coefficient (Wildman–Crippen LogP) is 2.77. The Morgan fingerprint density at radius 1 is 1.28 bits per heavy atom. The third-order valence-electron chi connectivity index (χ3n) is 3.74. The van der Waals surface area contributed by atoms with Crippen molar-refractivity contribution in [1.82, 2.24) is 0 Å². The number of hydrogen-bond donors (Lipinski definition) is 0. The fourth-order valence-corrected chi connectivity index (χ4v) is 4.11. The van der Waals surface area contributed by atoms with Crippen LogP contribution in [0.1, 0.15) is 30.4 Å². The number of aryl methyl sites for hydroxylation is 2. The van der Waals surface area contributed by atoms with Crippen LogP contribution in [0.4, 0.5) is 0 Å². The molecule has 0 aromatic heterocycles. The maximum Gasteiger partial charge on any atom is 0.178 e. The van der Waals surface area contributed by atoms with Gasteiger partial charge in [-0.05, 0) is 55.4 Å². The Morgan fingerprint density at radius 3 is 2.44 bits per heavy atom. The van der Waals surface area contributed by atoms with E-state index in [-0.39, 0.29) is 11.2 Å². The molecule has 0 unspecified atom stereocenters. The summed E-state index contributed by atoms with van der Waals surface area (Å²) in [5.74, 6) is 0.107. The van der Waals surface area contributed by atoms with Crippen LogP contribution >= 0.6 is 0 Å². The van der Waals surface area contributed by atoms with Crippen LogP contribution in [0, 0.1) is 30.6 Å². The predicted molar refractivity (Wildman–Crippen MR) is 69.9 cm³/mol. The lowest BCUT2D eigenvalue weighted by molar-refractivity contribution is 0.548. The minimum absolute atomic E-state index is 0.107.